The minimum Gasteiger partial charge on any atom is -0.394 e. The molecule has 1 aromatic rings. The van der Waals surface area contributed by atoms with Gasteiger partial charge in [0.15, 0.2) is 6.23 Å². The van der Waals surface area contributed by atoms with Gasteiger partial charge in [0.25, 0.3) is 0 Å². The fourth-order valence-electron chi connectivity index (χ4n) is 1.73. The fourth-order valence-corrected chi connectivity index (χ4v) is 1.73. The van der Waals surface area contributed by atoms with E-state index in [0.717, 1.165) is 4.57 Å². The van der Waals surface area contributed by atoms with Gasteiger partial charge in [0.05, 0.1) is 6.61 Å². The van der Waals surface area contributed by atoms with Gasteiger partial charge in [0.2, 0.25) is 0 Å². The smallest absolute Gasteiger partial charge is 0.351 e. The highest BCUT2D eigenvalue weighted by molar-refractivity contribution is 5.85. The Balaban J connectivity index is 0.00000162. The summed E-state index contributed by atoms with van der Waals surface area (Å²) < 4.78 is 6.19. The lowest BCUT2D eigenvalue weighted by atomic mass is 10.1. The summed E-state index contributed by atoms with van der Waals surface area (Å²) in [6, 6.07) is 1.37. The molecule has 0 aliphatic carbocycles. The van der Waals surface area contributed by atoms with Gasteiger partial charge in [-0.15, -0.1) is 12.4 Å². The van der Waals surface area contributed by atoms with Crippen molar-refractivity contribution in [3.63, 3.8) is 0 Å². The Morgan fingerprint density at radius 2 is 2.11 bits per heavy atom. The van der Waals surface area contributed by atoms with Crippen molar-refractivity contribution < 1.29 is 20.1 Å². The molecule has 0 aromatic carbocycles. The van der Waals surface area contributed by atoms with E-state index in [1.807, 2.05) is 0 Å². The molecule has 2 heterocycles. The minimum atomic E-state index is -1.31. The van der Waals surface area contributed by atoms with Crippen molar-refractivity contribution in [1.82, 2.24) is 9.55 Å². The van der Waals surface area contributed by atoms with Crippen LogP contribution in [-0.4, -0.2) is 49.8 Å². The van der Waals surface area contributed by atoms with Crippen molar-refractivity contribution in [2.24, 2.45) is 0 Å². The summed E-state index contributed by atoms with van der Waals surface area (Å²) in [4.78, 5) is 15.0. The summed E-state index contributed by atoms with van der Waals surface area (Å²) in [5.41, 5.74) is 4.63. The quantitative estimate of drug-likeness (QED) is 0.486. The van der Waals surface area contributed by atoms with Crippen molar-refractivity contribution in [2.45, 2.75) is 24.5 Å². The maximum absolute atomic E-state index is 11.5. The molecule has 0 spiro atoms. The predicted octanol–water partition coefficient (Wildman–Crippen LogP) is -2.14. The number of aliphatic hydroxyl groups is 3. The van der Waals surface area contributed by atoms with Crippen LogP contribution in [-0.2, 0) is 4.74 Å². The number of aromatic nitrogens is 2. The third-order valence-corrected chi connectivity index (χ3v) is 2.64. The molecular formula is C9H14ClN3O5. The second-order valence-electron chi connectivity index (χ2n) is 3.77. The number of ether oxygens (including phenoxy) is 1. The molecule has 18 heavy (non-hydrogen) atoms. The molecule has 1 aliphatic rings. The Bertz CT molecular complexity index is 468. The maximum Gasteiger partial charge on any atom is 0.351 e. The molecule has 9 heteroatoms. The highest BCUT2D eigenvalue weighted by Gasteiger charge is 2.43. The van der Waals surface area contributed by atoms with E-state index < -0.39 is 36.8 Å². The van der Waals surface area contributed by atoms with Crippen molar-refractivity contribution in [3.05, 3.63) is 22.7 Å². The molecule has 0 radical (unpaired) electrons. The predicted molar refractivity (Wildman–Crippen MR) is 63.2 cm³/mol. The van der Waals surface area contributed by atoms with Gasteiger partial charge in [0.1, 0.15) is 24.1 Å². The minimum absolute atomic E-state index is 0. The van der Waals surface area contributed by atoms with Gasteiger partial charge in [-0.25, -0.2) is 4.79 Å². The Kier molecular flexibility index (Phi) is 4.65. The summed E-state index contributed by atoms with van der Waals surface area (Å²) in [5, 5.41) is 28.2. The van der Waals surface area contributed by atoms with Crippen LogP contribution >= 0.6 is 12.4 Å². The van der Waals surface area contributed by atoms with Crippen LogP contribution in [0.15, 0.2) is 17.1 Å². The van der Waals surface area contributed by atoms with Gasteiger partial charge in [-0.2, -0.15) is 4.98 Å². The molecule has 5 N–H and O–H groups in total. The Morgan fingerprint density at radius 3 is 2.61 bits per heavy atom. The Hall–Kier alpha value is -1.19. The summed E-state index contributed by atoms with van der Waals surface area (Å²) in [5.74, 6) is 0.0537. The number of rotatable bonds is 2. The molecule has 1 fully saturated rings. The number of hydrogen-bond acceptors (Lipinski definition) is 7. The van der Waals surface area contributed by atoms with Gasteiger partial charge < -0.3 is 25.8 Å². The SMILES string of the molecule is Cl.Nc1ccn([C@@H]2O[C@@H](CO)[C@H](O)[C@H]2O)c(=O)n1. The average molecular weight is 280 g/mol. The zero-order chi connectivity index (χ0) is 12.6. The van der Waals surface area contributed by atoms with Gasteiger partial charge in [-0.3, -0.25) is 4.57 Å². The number of aliphatic hydroxyl groups excluding tert-OH is 3. The first-order chi connectivity index (χ1) is 8.04. The number of nitrogen functional groups attached to an aromatic ring is 1. The summed E-state index contributed by atoms with van der Waals surface area (Å²) in [6.07, 6.45) is -3.27. The van der Waals surface area contributed by atoms with Crippen molar-refractivity contribution in [2.75, 3.05) is 12.3 Å². The summed E-state index contributed by atoms with van der Waals surface area (Å²) in [7, 11) is 0. The van der Waals surface area contributed by atoms with E-state index in [0.29, 0.717) is 0 Å². The normalized spacial score (nSPS) is 31.1. The maximum atomic E-state index is 11.5. The third kappa shape index (κ3) is 2.47. The average Bonchev–Trinajstić information content (AvgIpc) is 2.57. The van der Waals surface area contributed by atoms with Gasteiger partial charge in [-0.1, -0.05) is 0 Å². The lowest BCUT2D eigenvalue weighted by molar-refractivity contribution is -0.0549. The number of nitrogens with two attached hydrogens (primary N) is 1. The van der Waals surface area contributed by atoms with Crippen molar-refractivity contribution in [1.29, 1.82) is 0 Å². The van der Waals surface area contributed by atoms with Crippen LogP contribution in [0.4, 0.5) is 5.82 Å². The van der Waals surface area contributed by atoms with E-state index in [1.54, 1.807) is 0 Å². The number of nitrogens with zero attached hydrogens (tertiary/aromatic N) is 2. The van der Waals surface area contributed by atoms with E-state index in [2.05, 4.69) is 4.98 Å². The van der Waals surface area contributed by atoms with Crippen LogP contribution in [0, 0.1) is 0 Å². The molecule has 2 rings (SSSR count). The largest absolute Gasteiger partial charge is 0.394 e. The highest BCUT2D eigenvalue weighted by atomic mass is 35.5. The van der Waals surface area contributed by atoms with Crippen molar-refractivity contribution >= 4 is 18.2 Å². The van der Waals surface area contributed by atoms with Crippen LogP contribution in [0.2, 0.25) is 0 Å². The third-order valence-electron chi connectivity index (χ3n) is 2.64. The van der Waals surface area contributed by atoms with Crippen LogP contribution < -0.4 is 11.4 Å². The molecule has 0 unspecified atom stereocenters. The van der Waals surface area contributed by atoms with Crippen LogP contribution in [0.5, 0.6) is 0 Å². The second kappa shape index (κ2) is 5.63. The Morgan fingerprint density at radius 1 is 1.44 bits per heavy atom. The highest BCUT2D eigenvalue weighted by Crippen LogP contribution is 2.27. The van der Waals surface area contributed by atoms with Crippen LogP contribution in [0.1, 0.15) is 6.23 Å². The molecule has 1 saturated heterocycles. The standard InChI is InChI=1S/C9H13N3O5.ClH/c10-5-1-2-12(9(16)11-5)8-7(15)6(14)4(3-13)17-8;/h1-2,4,6-8,13-15H,3H2,(H2,10,11,16);1H/t4-,6-,7+,8+;/m0./s1. The first-order valence-corrected chi connectivity index (χ1v) is 5.01. The molecule has 0 bridgehead atoms. The lowest BCUT2D eigenvalue weighted by Gasteiger charge is -2.16. The molecule has 0 saturated carbocycles. The van der Waals surface area contributed by atoms with E-state index in [4.69, 9.17) is 15.6 Å². The number of hydrogen-bond donors (Lipinski definition) is 4. The summed E-state index contributed by atoms with van der Waals surface area (Å²) >= 11 is 0. The number of halogens is 1. The zero-order valence-electron chi connectivity index (χ0n) is 9.21. The zero-order valence-corrected chi connectivity index (χ0v) is 10.0. The lowest BCUT2D eigenvalue weighted by Crippen LogP contribution is -2.36. The molecule has 1 aromatic heterocycles. The molecule has 102 valence electrons. The Labute approximate surface area is 108 Å². The second-order valence-corrected chi connectivity index (χ2v) is 3.77. The first kappa shape index (κ1) is 14.9. The molecule has 0 amide bonds. The van der Waals surface area contributed by atoms with Crippen LogP contribution in [0.25, 0.3) is 0 Å². The molecule has 8 nitrogen and oxygen atoms in total. The topological polar surface area (TPSA) is 131 Å². The fraction of sp³-hybridized carbons (Fsp3) is 0.556. The molecular weight excluding hydrogens is 266 g/mol. The van der Waals surface area contributed by atoms with E-state index in [1.165, 1.54) is 12.3 Å². The van der Waals surface area contributed by atoms with Gasteiger partial charge in [-0.05, 0) is 6.07 Å². The van der Waals surface area contributed by atoms with E-state index in [9.17, 15) is 15.0 Å². The molecule has 1 aliphatic heterocycles. The summed E-state index contributed by atoms with van der Waals surface area (Å²) in [6.45, 7) is -0.453. The molecule has 4 atom stereocenters. The van der Waals surface area contributed by atoms with Crippen molar-refractivity contribution in [3.8, 4) is 0 Å². The van der Waals surface area contributed by atoms with Gasteiger partial charge in [0, 0.05) is 6.20 Å². The first-order valence-electron chi connectivity index (χ1n) is 5.01. The van der Waals surface area contributed by atoms with E-state index >= 15 is 0 Å². The monoisotopic (exact) mass is 279 g/mol. The van der Waals surface area contributed by atoms with E-state index in [-0.39, 0.29) is 18.2 Å². The number of anilines is 1. The van der Waals surface area contributed by atoms with Crippen LogP contribution in [0.3, 0.4) is 0 Å². The van der Waals surface area contributed by atoms with Gasteiger partial charge >= 0.3 is 5.69 Å².